The summed E-state index contributed by atoms with van der Waals surface area (Å²) in [5.74, 6) is 0.504. The summed E-state index contributed by atoms with van der Waals surface area (Å²) in [6.07, 6.45) is 0.949. The summed E-state index contributed by atoms with van der Waals surface area (Å²) in [6, 6.07) is 19.9. The lowest BCUT2D eigenvalue weighted by Crippen LogP contribution is -3.10. The highest BCUT2D eigenvalue weighted by Crippen LogP contribution is 2.24. The molecule has 1 aliphatic heterocycles. The molecule has 0 fully saturated rings. The van der Waals surface area contributed by atoms with Gasteiger partial charge in [0.15, 0.2) is 11.7 Å². The molecule has 1 unspecified atom stereocenters. The molecule has 0 bridgehead atoms. The molecule has 0 saturated heterocycles. The number of carbonyl (C=O) groups excluding carboxylic acids is 1. The molecule has 1 aliphatic rings. The van der Waals surface area contributed by atoms with E-state index in [-0.39, 0.29) is 12.5 Å². The number of para-hydroxylation sites is 1. The van der Waals surface area contributed by atoms with Crippen molar-refractivity contribution in [2.75, 3.05) is 18.5 Å². The topological polar surface area (TPSA) is 55.7 Å². The number of anilines is 1. The molecule has 0 radical (unpaired) electrons. The number of amides is 1. The second kappa shape index (κ2) is 8.33. The van der Waals surface area contributed by atoms with Gasteiger partial charge in [0.1, 0.15) is 18.8 Å². The SMILES string of the molecule is O=C(COc1ccccc1)Nc1nc2c(s1)C[NH+](Cc1ccccc1)CC2. The molecule has 0 aliphatic carbocycles. The van der Waals surface area contributed by atoms with Gasteiger partial charge in [0.2, 0.25) is 0 Å². The van der Waals surface area contributed by atoms with Crippen molar-refractivity contribution >= 4 is 22.4 Å². The Morgan fingerprint density at radius 1 is 1.11 bits per heavy atom. The first-order chi connectivity index (χ1) is 13.3. The predicted molar refractivity (Wildman–Crippen MR) is 106 cm³/mol. The summed E-state index contributed by atoms with van der Waals surface area (Å²) >= 11 is 1.58. The summed E-state index contributed by atoms with van der Waals surface area (Å²) in [5, 5.41) is 3.54. The molecule has 27 heavy (non-hydrogen) atoms. The Morgan fingerprint density at radius 2 is 1.85 bits per heavy atom. The molecule has 6 heteroatoms. The van der Waals surface area contributed by atoms with Crippen LogP contribution in [0.25, 0.3) is 0 Å². The van der Waals surface area contributed by atoms with E-state index in [2.05, 4.69) is 34.6 Å². The Kier molecular flexibility index (Phi) is 5.46. The van der Waals surface area contributed by atoms with Crippen LogP contribution < -0.4 is 15.0 Å². The van der Waals surface area contributed by atoms with Gasteiger partial charge in [-0.25, -0.2) is 4.98 Å². The fraction of sp³-hybridized carbons (Fsp3) is 0.238. The number of thiazole rings is 1. The molecule has 5 nitrogen and oxygen atoms in total. The van der Waals surface area contributed by atoms with Crippen molar-refractivity contribution in [2.24, 2.45) is 0 Å². The van der Waals surface area contributed by atoms with E-state index in [9.17, 15) is 4.79 Å². The van der Waals surface area contributed by atoms with E-state index in [0.29, 0.717) is 10.9 Å². The molecule has 2 heterocycles. The van der Waals surface area contributed by atoms with Crippen LogP contribution in [-0.4, -0.2) is 24.0 Å². The Bertz CT molecular complexity index is 896. The van der Waals surface area contributed by atoms with E-state index in [4.69, 9.17) is 4.74 Å². The first-order valence-corrected chi connectivity index (χ1v) is 9.92. The lowest BCUT2D eigenvalue weighted by molar-refractivity contribution is -0.929. The van der Waals surface area contributed by atoms with Gasteiger partial charge in [-0.2, -0.15) is 0 Å². The number of hydrogen-bond acceptors (Lipinski definition) is 4. The number of ether oxygens (including phenoxy) is 1. The second-order valence-electron chi connectivity index (χ2n) is 6.63. The van der Waals surface area contributed by atoms with Gasteiger partial charge >= 0.3 is 0 Å². The highest BCUT2D eigenvalue weighted by molar-refractivity contribution is 7.15. The van der Waals surface area contributed by atoms with E-state index in [0.717, 1.165) is 31.7 Å². The first kappa shape index (κ1) is 17.7. The molecule has 1 atom stereocenters. The van der Waals surface area contributed by atoms with Crippen molar-refractivity contribution in [1.82, 2.24) is 4.98 Å². The van der Waals surface area contributed by atoms with E-state index in [1.54, 1.807) is 11.3 Å². The third kappa shape index (κ3) is 4.72. The summed E-state index contributed by atoms with van der Waals surface area (Å²) in [6.45, 7) is 3.03. The Balaban J connectivity index is 1.32. The standard InChI is InChI=1S/C21H21N3O2S/c25-20(15-26-17-9-5-2-6-10-17)23-21-22-18-11-12-24(14-19(18)27-21)13-16-7-3-1-4-8-16/h1-10H,11-15H2,(H,22,23,25)/p+1. The summed E-state index contributed by atoms with van der Waals surface area (Å²) in [4.78, 5) is 19.5. The summed E-state index contributed by atoms with van der Waals surface area (Å²) in [7, 11) is 0. The fourth-order valence-corrected chi connectivity index (χ4v) is 4.33. The van der Waals surface area contributed by atoms with Gasteiger partial charge in [-0.15, -0.1) is 0 Å². The largest absolute Gasteiger partial charge is 0.484 e. The van der Waals surface area contributed by atoms with Crippen molar-refractivity contribution in [1.29, 1.82) is 0 Å². The smallest absolute Gasteiger partial charge is 0.264 e. The van der Waals surface area contributed by atoms with Crippen molar-refractivity contribution in [2.45, 2.75) is 19.5 Å². The van der Waals surface area contributed by atoms with Crippen LogP contribution in [0.5, 0.6) is 5.75 Å². The number of nitrogens with one attached hydrogen (secondary N) is 2. The number of nitrogens with zero attached hydrogens (tertiary/aromatic N) is 1. The van der Waals surface area contributed by atoms with Gasteiger partial charge in [-0.05, 0) is 12.1 Å². The number of fused-ring (bicyclic) bond motifs is 1. The van der Waals surface area contributed by atoms with Crippen LogP contribution in [0.4, 0.5) is 5.13 Å². The normalized spacial score (nSPS) is 15.8. The molecule has 2 N–H and O–H groups in total. The fourth-order valence-electron chi connectivity index (χ4n) is 3.24. The average molecular weight is 380 g/mol. The minimum Gasteiger partial charge on any atom is -0.484 e. The van der Waals surface area contributed by atoms with Gasteiger partial charge < -0.3 is 9.64 Å². The van der Waals surface area contributed by atoms with Gasteiger partial charge in [-0.3, -0.25) is 10.1 Å². The maximum absolute atomic E-state index is 12.1. The van der Waals surface area contributed by atoms with Crippen LogP contribution in [0, 0.1) is 0 Å². The molecule has 3 aromatic rings. The third-order valence-electron chi connectivity index (χ3n) is 4.56. The Morgan fingerprint density at radius 3 is 2.63 bits per heavy atom. The number of benzene rings is 2. The van der Waals surface area contributed by atoms with Gasteiger partial charge in [0.25, 0.3) is 5.91 Å². The third-order valence-corrected chi connectivity index (χ3v) is 5.57. The minimum atomic E-state index is -0.182. The molecule has 1 aromatic heterocycles. The molecular formula is C21H22N3O2S+. The lowest BCUT2D eigenvalue weighted by Gasteiger charge is -2.22. The van der Waals surface area contributed by atoms with Crippen LogP contribution >= 0.6 is 11.3 Å². The van der Waals surface area contributed by atoms with Crippen molar-refractivity contribution in [3.63, 3.8) is 0 Å². The van der Waals surface area contributed by atoms with E-state index < -0.39 is 0 Å². The zero-order valence-electron chi connectivity index (χ0n) is 15.0. The minimum absolute atomic E-state index is 0.0142. The maximum Gasteiger partial charge on any atom is 0.264 e. The zero-order chi connectivity index (χ0) is 18.5. The summed E-state index contributed by atoms with van der Waals surface area (Å²) in [5.41, 5.74) is 2.48. The van der Waals surface area contributed by atoms with Crippen LogP contribution in [0.15, 0.2) is 60.7 Å². The molecule has 1 amide bonds. The highest BCUT2D eigenvalue weighted by Gasteiger charge is 2.24. The molecule has 0 saturated carbocycles. The number of carbonyl (C=O) groups is 1. The number of hydrogen-bond donors (Lipinski definition) is 2. The van der Waals surface area contributed by atoms with Crippen LogP contribution in [0.2, 0.25) is 0 Å². The monoisotopic (exact) mass is 380 g/mol. The first-order valence-electron chi connectivity index (χ1n) is 9.10. The van der Waals surface area contributed by atoms with Crippen LogP contribution in [0.1, 0.15) is 16.1 Å². The van der Waals surface area contributed by atoms with Crippen molar-refractivity contribution in [3.8, 4) is 5.75 Å². The Hall–Kier alpha value is -2.70. The van der Waals surface area contributed by atoms with Crippen molar-refractivity contribution in [3.05, 3.63) is 76.8 Å². The zero-order valence-corrected chi connectivity index (χ0v) is 15.8. The van der Waals surface area contributed by atoms with Crippen molar-refractivity contribution < 1.29 is 14.4 Å². The van der Waals surface area contributed by atoms with Crippen LogP contribution in [-0.2, 0) is 24.3 Å². The maximum atomic E-state index is 12.1. The summed E-state index contributed by atoms with van der Waals surface area (Å²) < 4.78 is 5.49. The lowest BCUT2D eigenvalue weighted by atomic mass is 10.1. The van der Waals surface area contributed by atoms with E-state index in [1.807, 2.05) is 36.4 Å². The number of rotatable bonds is 6. The predicted octanol–water partition coefficient (Wildman–Crippen LogP) is 2.30. The molecular weight excluding hydrogens is 358 g/mol. The molecule has 0 spiro atoms. The number of aromatic nitrogens is 1. The molecule has 4 rings (SSSR count). The average Bonchev–Trinajstić information content (AvgIpc) is 3.09. The highest BCUT2D eigenvalue weighted by atomic mass is 32.1. The van der Waals surface area contributed by atoms with Gasteiger partial charge in [0.05, 0.1) is 17.1 Å². The van der Waals surface area contributed by atoms with E-state index in [1.165, 1.54) is 15.3 Å². The van der Waals surface area contributed by atoms with E-state index >= 15 is 0 Å². The van der Waals surface area contributed by atoms with Gasteiger partial charge in [0, 0.05) is 12.0 Å². The van der Waals surface area contributed by atoms with Gasteiger partial charge in [-0.1, -0.05) is 59.9 Å². The number of quaternary nitrogens is 1. The van der Waals surface area contributed by atoms with Crippen LogP contribution in [0.3, 0.4) is 0 Å². The molecule has 138 valence electrons. The molecule has 2 aromatic carbocycles. The Labute approximate surface area is 162 Å². The quantitative estimate of drug-likeness (QED) is 0.690. The second-order valence-corrected chi connectivity index (χ2v) is 7.71.